The van der Waals surface area contributed by atoms with Crippen LogP contribution in [0, 0.1) is 23.7 Å². The molecule has 0 N–H and O–H groups in total. The van der Waals surface area contributed by atoms with Gasteiger partial charge < -0.3 is 14.2 Å². The number of hydrogen-bond donors (Lipinski definition) is 0. The van der Waals surface area contributed by atoms with E-state index in [0.29, 0.717) is 12.3 Å². The van der Waals surface area contributed by atoms with Crippen molar-refractivity contribution in [3.05, 3.63) is 102 Å². The molecule has 2 bridgehead atoms. The summed E-state index contributed by atoms with van der Waals surface area (Å²) in [5.74, 6) is 0.894. The quantitative estimate of drug-likeness (QED) is 0.272. The molecular formula is C33H31NO5. The minimum Gasteiger partial charge on any atom is -0.497 e. The number of imide groups is 1. The molecule has 2 fully saturated rings. The first kappa shape index (κ1) is 25.0. The first-order valence-corrected chi connectivity index (χ1v) is 13.4. The number of carbonyl (C=O) groups is 2. The highest BCUT2D eigenvalue weighted by atomic mass is 16.5. The normalized spacial score (nSPS) is 22.8. The molecule has 1 aliphatic heterocycles. The maximum atomic E-state index is 13.8. The van der Waals surface area contributed by atoms with Crippen molar-refractivity contribution < 1.29 is 23.8 Å². The molecule has 39 heavy (non-hydrogen) atoms. The van der Waals surface area contributed by atoms with Crippen LogP contribution in [0.1, 0.15) is 24.5 Å². The molecule has 3 aromatic rings. The topological polar surface area (TPSA) is 65.1 Å². The summed E-state index contributed by atoms with van der Waals surface area (Å²) < 4.78 is 16.5. The number of anilines is 1. The molecule has 3 aromatic carbocycles. The van der Waals surface area contributed by atoms with Crippen molar-refractivity contribution in [2.75, 3.05) is 25.7 Å². The van der Waals surface area contributed by atoms with Crippen LogP contribution in [0.4, 0.5) is 5.69 Å². The van der Waals surface area contributed by atoms with E-state index >= 15 is 0 Å². The van der Waals surface area contributed by atoms with Gasteiger partial charge in [-0.05, 0) is 77.2 Å². The maximum absolute atomic E-state index is 13.8. The number of hydrogen-bond acceptors (Lipinski definition) is 5. The van der Waals surface area contributed by atoms with E-state index in [-0.39, 0.29) is 23.7 Å². The molecule has 0 spiro atoms. The number of methoxy groups -OCH3 is 2. The zero-order chi connectivity index (χ0) is 27.1. The van der Waals surface area contributed by atoms with E-state index in [1.165, 1.54) is 4.90 Å². The van der Waals surface area contributed by atoms with Crippen LogP contribution in [0.3, 0.4) is 0 Å². The van der Waals surface area contributed by atoms with E-state index in [4.69, 9.17) is 14.2 Å². The van der Waals surface area contributed by atoms with Gasteiger partial charge in [0, 0.05) is 11.8 Å². The van der Waals surface area contributed by atoms with Gasteiger partial charge in [0.2, 0.25) is 11.8 Å². The molecule has 3 aliphatic rings. The van der Waals surface area contributed by atoms with Crippen LogP contribution >= 0.6 is 0 Å². The number of ether oxygens (including phenoxy) is 3. The van der Waals surface area contributed by atoms with Gasteiger partial charge in [0.05, 0.1) is 38.3 Å². The summed E-state index contributed by atoms with van der Waals surface area (Å²) in [6, 6.07) is 23.2. The summed E-state index contributed by atoms with van der Waals surface area (Å²) in [6.07, 6.45) is 5.14. The van der Waals surface area contributed by atoms with Crippen LogP contribution in [0.25, 0.3) is 5.57 Å². The number of nitrogens with zero attached hydrogens (tertiary/aromatic N) is 1. The Hall–Kier alpha value is -4.32. The largest absolute Gasteiger partial charge is 0.497 e. The van der Waals surface area contributed by atoms with Crippen molar-refractivity contribution in [1.29, 1.82) is 0 Å². The van der Waals surface area contributed by atoms with Gasteiger partial charge in [-0.2, -0.15) is 0 Å². The number of carbonyl (C=O) groups excluding carboxylic acids is 2. The summed E-state index contributed by atoms with van der Waals surface area (Å²) in [5, 5.41) is 0. The van der Waals surface area contributed by atoms with Crippen LogP contribution < -0.4 is 19.1 Å². The van der Waals surface area contributed by atoms with E-state index < -0.39 is 11.8 Å². The molecule has 6 heteroatoms. The van der Waals surface area contributed by atoms with Crippen molar-refractivity contribution in [3.63, 3.8) is 0 Å². The monoisotopic (exact) mass is 521 g/mol. The molecule has 1 heterocycles. The first-order valence-electron chi connectivity index (χ1n) is 13.4. The van der Waals surface area contributed by atoms with Crippen molar-refractivity contribution in [2.24, 2.45) is 23.7 Å². The van der Waals surface area contributed by atoms with Gasteiger partial charge in [0.1, 0.15) is 17.2 Å². The summed E-state index contributed by atoms with van der Waals surface area (Å²) in [7, 11) is 3.30. The predicted molar refractivity (Wildman–Crippen MR) is 150 cm³/mol. The van der Waals surface area contributed by atoms with E-state index in [2.05, 4.69) is 19.1 Å². The molecule has 6 rings (SSSR count). The molecule has 4 atom stereocenters. The fourth-order valence-corrected chi connectivity index (χ4v) is 6.28. The number of fused-ring (bicyclic) bond motifs is 5. The highest BCUT2D eigenvalue weighted by Gasteiger charge is 2.62. The molecular weight excluding hydrogens is 490 g/mol. The van der Waals surface area contributed by atoms with E-state index in [0.717, 1.165) is 45.9 Å². The summed E-state index contributed by atoms with van der Waals surface area (Å²) in [6.45, 7) is 2.67. The highest BCUT2D eigenvalue weighted by molar-refractivity contribution is 6.23. The number of benzene rings is 3. The smallest absolute Gasteiger partial charge is 0.238 e. The lowest BCUT2D eigenvalue weighted by atomic mass is 9.85. The van der Waals surface area contributed by atoms with Crippen molar-refractivity contribution in [1.82, 2.24) is 0 Å². The molecule has 1 saturated heterocycles. The first-order chi connectivity index (χ1) is 19.0. The Bertz CT molecular complexity index is 1370. The lowest BCUT2D eigenvalue weighted by Crippen LogP contribution is -2.33. The molecule has 0 unspecified atom stereocenters. The predicted octanol–water partition coefficient (Wildman–Crippen LogP) is 5.92. The SMILES string of the molecule is CCCOc1ccc(N2C(=O)[C@@H]3[C@H](C2=O)[C@H]2C=C[C@H]3C2=C(c2ccc(OC)cc2)c2ccc(OC)cc2)cc1. The second-order valence-corrected chi connectivity index (χ2v) is 10.1. The molecule has 198 valence electrons. The zero-order valence-electron chi connectivity index (χ0n) is 22.3. The Morgan fingerprint density at radius 3 is 1.59 bits per heavy atom. The zero-order valence-corrected chi connectivity index (χ0v) is 22.3. The Morgan fingerprint density at radius 1 is 0.692 bits per heavy atom. The van der Waals surface area contributed by atoms with Crippen molar-refractivity contribution in [2.45, 2.75) is 13.3 Å². The van der Waals surface area contributed by atoms with E-state index in [1.807, 2.05) is 60.7 Å². The standard InChI is InChI=1S/C33H31NO5/c1-4-19-39-25-15-9-22(10-16-25)34-32(35)30-26-17-18-27(31(30)33(34)36)29(26)28(20-5-11-23(37-2)12-6-20)21-7-13-24(38-3)14-8-21/h5-18,26-27,30-31H,4,19H2,1-3H3/t26-,27-,30-,31+/m0/s1. The second kappa shape index (κ2) is 10.1. The summed E-state index contributed by atoms with van der Waals surface area (Å²) in [4.78, 5) is 29.1. The van der Waals surface area contributed by atoms with E-state index in [1.54, 1.807) is 26.4 Å². The minimum absolute atomic E-state index is 0.134. The molecule has 0 radical (unpaired) electrons. The van der Waals surface area contributed by atoms with Crippen LogP contribution in [0.5, 0.6) is 17.2 Å². The fourth-order valence-electron chi connectivity index (χ4n) is 6.28. The lowest BCUT2D eigenvalue weighted by Gasteiger charge is -2.22. The number of amides is 2. The molecule has 6 nitrogen and oxygen atoms in total. The van der Waals surface area contributed by atoms with Crippen LogP contribution in [-0.4, -0.2) is 32.6 Å². The van der Waals surface area contributed by atoms with Crippen LogP contribution in [0.2, 0.25) is 0 Å². The molecule has 2 amide bonds. The Labute approximate surface area is 228 Å². The third kappa shape index (κ3) is 4.11. The molecule has 1 saturated carbocycles. The lowest BCUT2D eigenvalue weighted by molar-refractivity contribution is -0.122. The highest BCUT2D eigenvalue weighted by Crippen LogP contribution is 2.59. The Balaban J connectivity index is 1.39. The third-order valence-electron chi connectivity index (χ3n) is 8.03. The van der Waals surface area contributed by atoms with Gasteiger partial charge >= 0.3 is 0 Å². The van der Waals surface area contributed by atoms with E-state index in [9.17, 15) is 9.59 Å². The molecule has 2 aliphatic carbocycles. The van der Waals surface area contributed by atoms with Crippen LogP contribution in [0.15, 0.2) is 90.5 Å². The van der Waals surface area contributed by atoms with Gasteiger partial charge in [-0.1, -0.05) is 43.3 Å². The van der Waals surface area contributed by atoms with Gasteiger partial charge in [0.15, 0.2) is 0 Å². The van der Waals surface area contributed by atoms with Crippen molar-refractivity contribution in [3.8, 4) is 17.2 Å². The number of allylic oxidation sites excluding steroid dienone is 3. The second-order valence-electron chi connectivity index (χ2n) is 10.1. The summed E-state index contributed by atoms with van der Waals surface area (Å²) in [5.41, 5.74) is 4.83. The fraction of sp³-hybridized carbons (Fsp3) is 0.273. The molecule has 0 aromatic heterocycles. The average Bonchev–Trinajstić information content (AvgIpc) is 3.62. The number of rotatable bonds is 8. The van der Waals surface area contributed by atoms with Crippen LogP contribution in [-0.2, 0) is 9.59 Å². The maximum Gasteiger partial charge on any atom is 0.238 e. The minimum atomic E-state index is -0.412. The van der Waals surface area contributed by atoms with Gasteiger partial charge in [-0.3, -0.25) is 9.59 Å². The van der Waals surface area contributed by atoms with Gasteiger partial charge in [0.25, 0.3) is 0 Å². The van der Waals surface area contributed by atoms with Gasteiger partial charge in [-0.15, -0.1) is 0 Å². The van der Waals surface area contributed by atoms with Crippen molar-refractivity contribution >= 4 is 23.1 Å². The Kier molecular flexibility index (Phi) is 6.47. The average molecular weight is 522 g/mol. The summed E-state index contributed by atoms with van der Waals surface area (Å²) >= 11 is 0. The Morgan fingerprint density at radius 2 is 1.15 bits per heavy atom. The van der Waals surface area contributed by atoms with Gasteiger partial charge in [-0.25, -0.2) is 4.90 Å². The third-order valence-corrected chi connectivity index (χ3v) is 8.03.